The van der Waals surface area contributed by atoms with Crippen molar-refractivity contribution >= 4 is 17.7 Å². The van der Waals surface area contributed by atoms with Gasteiger partial charge < -0.3 is 9.26 Å². The molecule has 0 aliphatic heterocycles. The van der Waals surface area contributed by atoms with Crippen LogP contribution in [0.4, 0.5) is 0 Å². The lowest BCUT2D eigenvalue weighted by molar-refractivity contribution is 0.0597. The molecule has 0 spiro atoms. The van der Waals surface area contributed by atoms with Crippen molar-refractivity contribution in [1.29, 1.82) is 0 Å². The zero-order chi connectivity index (χ0) is 13.0. The number of aryl methyl sites for hydroxylation is 1. The van der Waals surface area contributed by atoms with E-state index in [9.17, 15) is 4.79 Å². The fourth-order valence-electron chi connectivity index (χ4n) is 1.41. The van der Waals surface area contributed by atoms with Crippen LogP contribution in [0.5, 0.6) is 0 Å². The van der Waals surface area contributed by atoms with Crippen molar-refractivity contribution in [1.82, 2.24) is 10.1 Å². The third-order valence-electron chi connectivity index (χ3n) is 2.21. The van der Waals surface area contributed by atoms with Crippen LogP contribution in [0.2, 0.25) is 0 Å². The van der Waals surface area contributed by atoms with E-state index in [-0.39, 0.29) is 5.97 Å². The molecule has 1 heterocycles. The van der Waals surface area contributed by atoms with Crippen molar-refractivity contribution in [3.8, 4) is 0 Å². The summed E-state index contributed by atoms with van der Waals surface area (Å²) >= 11 is 1.46. The van der Waals surface area contributed by atoms with E-state index in [0.717, 1.165) is 4.90 Å². The predicted octanol–water partition coefficient (Wildman–Crippen LogP) is 2.46. The molecule has 0 saturated heterocycles. The number of benzene rings is 1. The third kappa shape index (κ3) is 2.89. The first kappa shape index (κ1) is 12.6. The van der Waals surface area contributed by atoms with Gasteiger partial charge in [0.05, 0.1) is 18.4 Å². The zero-order valence-corrected chi connectivity index (χ0v) is 10.9. The van der Waals surface area contributed by atoms with E-state index >= 15 is 0 Å². The van der Waals surface area contributed by atoms with Crippen molar-refractivity contribution < 1.29 is 14.1 Å². The molecule has 0 radical (unpaired) electrons. The summed E-state index contributed by atoms with van der Waals surface area (Å²) in [6, 6.07) is 7.26. The highest BCUT2D eigenvalue weighted by atomic mass is 32.2. The normalized spacial score (nSPS) is 10.3. The number of nitrogens with zero attached hydrogens (tertiary/aromatic N) is 2. The summed E-state index contributed by atoms with van der Waals surface area (Å²) in [6.45, 7) is 1.76. The fraction of sp³-hybridized carbons (Fsp3) is 0.250. The molecule has 18 heavy (non-hydrogen) atoms. The molecule has 2 rings (SSSR count). The highest BCUT2D eigenvalue weighted by molar-refractivity contribution is 7.98. The van der Waals surface area contributed by atoms with E-state index < -0.39 is 0 Å². The van der Waals surface area contributed by atoms with Gasteiger partial charge in [-0.25, -0.2) is 4.79 Å². The quantitative estimate of drug-likeness (QED) is 0.624. The minimum absolute atomic E-state index is 0.347. The first-order valence-electron chi connectivity index (χ1n) is 5.30. The minimum Gasteiger partial charge on any atom is -0.465 e. The van der Waals surface area contributed by atoms with Crippen LogP contribution in [0, 0.1) is 6.92 Å². The standard InChI is InChI=1S/C12H12N2O3S/c1-8-13-11(17-14-8)7-18-10-6-4-3-5-9(10)12(15)16-2/h3-6H,7H2,1-2H3. The predicted molar refractivity (Wildman–Crippen MR) is 66.4 cm³/mol. The van der Waals surface area contributed by atoms with Crippen LogP contribution < -0.4 is 0 Å². The molecule has 0 aliphatic rings. The maximum Gasteiger partial charge on any atom is 0.338 e. The molecule has 0 unspecified atom stereocenters. The van der Waals surface area contributed by atoms with E-state index in [0.29, 0.717) is 23.0 Å². The number of aromatic nitrogens is 2. The first-order valence-corrected chi connectivity index (χ1v) is 6.28. The van der Waals surface area contributed by atoms with Crippen LogP contribution in [-0.2, 0) is 10.5 Å². The Kier molecular flexibility index (Phi) is 3.99. The summed E-state index contributed by atoms with van der Waals surface area (Å²) in [5.74, 6) is 1.32. The summed E-state index contributed by atoms with van der Waals surface area (Å²) in [7, 11) is 1.37. The smallest absolute Gasteiger partial charge is 0.338 e. The Hall–Kier alpha value is -1.82. The molecule has 0 N–H and O–H groups in total. The van der Waals surface area contributed by atoms with Crippen LogP contribution in [0.1, 0.15) is 22.1 Å². The minimum atomic E-state index is -0.347. The molecule has 5 nitrogen and oxygen atoms in total. The lowest BCUT2D eigenvalue weighted by atomic mass is 10.2. The van der Waals surface area contributed by atoms with Gasteiger partial charge in [0.25, 0.3) is 0 Å². The van der Waals surface area contributed by atoms with Crippen LogP contribution in [-0.4, -0.2) is 23.2 Å². The Balaban J connectivity index is 2.11. The molecule has 0 saturated carbocycles. The molecule has 1 aromatic heterocycles. The molecule has 94 valence electrons. The van der Waals surface area contributed by atoms with Crippen LogP contribution in [0.15, 0.2) is 33.7 Å². The number of ether oxygens (including phenoxy) is 1. The largest absolute Gasteiger partial charge is 0.465 e. The monoisotopic (exact) mass is 264 g/mol. The lowest BCUT2D eigenvalue weighted by Gasteiger charge is -2.05. The van der Waals surface area contributed by atoms with Crippen molar-refractivity contribution in [2.75, 3.05) is 7.11 Å². The van der Waals surface area contributed by atoms with Crippen molar-refractivity contribution in [3.05, 3.63) is 41.5 Å². The SMILES string of the molecule is COC(=O)c1ccccc1SCc1nc(C)no1. The molecule has 0 amide bonds. The Bertz CT molecular complexity index is 554. The van der Waals surface area contributed by atoms with Gasteiger partial charge in [-0.3, -0.25) is 0 Å². The van der Waals surface area contributed by atoms with Gasteiger partial charge in [0.15, 0.2) is 5.82 Å². The average Bonchev–Trinajstić information content (AvgIpc) is 2.81. The second-order valence-electron chi connectivity index (χ2n) is 3.51. The maximum absolute atomic E-state index is 11.6. The highest BCUT2D eigenvalue weighted by Gasteiger charge is 2.12. The first-order chi connectivity index (χ1) is 8.70. The van der Waals surface area contributed by atoms with Crippen molar-refractivity contribution in [3.63, 3.8) is 0 Å². The summed E-state index contributed by atoms with van der Waals surface area (Å²) < 4.78 is 9.74. The number of esters is 1. The van der Waals surface area contributed by atoms with E-state index in [1.807, 2.05) is 12.1 Å². The molecule has 1 aromatic carbocycles. The topological polar surface area (TPSA) is 65.2 Å². The Labute approximate surface area is 109 Å². The number of carbonyl (C=O) groups is 1. The number of hydrogen-bond acceptors (Lipinski definition) is 6. The third-order valence-corrected chi connectivity index (χ3v) is 3.27. The number of hydrogen-bond donors (Lipinski definition) is 0. The van der Waals surface area contributed by atoms with Crippen LogP contribution in [0.3, 0.4) is 0 Å². The van der Waals surface area contributed by atoms with Gasteiger partial charge in [0, 0.05) is 4.90 Å². The zero-order valence-electron chi connectivity index (χ0n) is 10.0. The van der Waals surface area contributed by atoms with Gasteiger partial charge in [-0.05, 0) is 19.1 Å². The second kappa shape index (κ2) is 5.68. The van der Waals surface area contributed by atoms with Gasteiger partial charge >= 0.3 is 5.97 Å². The van der Waals surface area contributed by atoms with Crippen LogP contribution >= 0.6 is 11.8 Å². The molecule has 6 heteroatoms. The molecule has 0 fully saturated rings. The van der Waals surface area contributed by atoms with Gasteiger partial charge in [-0.2, -0.15) is 4.98 Å². The van der Waals surface area contributed by atoms with Crippen LogP contribution in [0.25, 0.3) is 0 Å². The van der Waals surface area contributed by atoms with Gasteiger partial charge in [0.1, 0.15) is 0 Å². The van der Waals surface area contributed by atoms with Gasteiger partial charge in [-0.15, -0.1) is 11.8 Å². The summed E-state index contributed by atoms with van der Waals surface area (Å²) in [4.78, 5) is 16.5. The van der Waals surface area contributed by atoms with E-state index in [1.165, 1.54) is 18.9 Å². The highest BCUT2D eigenvalue weighted by Crippen LogP contribution is 2.26. The fourth-order valence-corrected chi connectivity index (χ4v) is 2.29. The number of rotatable bonds is 4. The Morgan fingerprint density at radius 3 is 2.89 bits per heavy atom. The van der Waals surface area contributed by atoms with Gasteiger partial charge in [0.2, 0.25) is 5.89 Å². The molecular weight excluding hydrogens is 252 g/mol. The van der Waals surface area contributed by atoms with E-state index in [4.69, 9.17) is 9.26 Å². The van der Waals surface area contributed by atoms with E-state index in [1.54, 1.807) is 19.1 Å². The molecule has 0 atom stereocenters. The molecule has 2 aromatic rings. The number of thioether (sulfide) groups is 1. The second-order valence-corrected chi connectivity index (χ2v) is 4.53. The average molecular weight is 264 g/mol. The number of methoxy groups -OCH3 is 1. The Morgan fingerprint density at radius 2 is 2.22 bits per heavy atom. The summed E-state index contributed by atoms with van der Waals surface area (Å²) in [5, 5.41) is 3.71. The van der Waals surface area contributed by atoms with Gasteiger partial charge in [-0.1, -0.05) is 17.3 Å². The summed E-state index contributed by atoms with van der Waals surface area (Å²) in [6.07, 6.45) is 0. The molecule has 0 aliphatic carbocycles. The number of carbonyl (C=O) groups excluding carboxylic acids is 1. The molecular formula is C12H12N2O3S. The maximum atomic E-state index is 11.6. The van der Waals surface area contributed by atoms with Crippen molar-refractivity contribution in [2.45, 2.75) is 17.6 Å². The Morgan fingerprint density at radius 1 is 1.44 bits per heavy atom. The lowest BCUT2D eigenvalue weighted by Crippen LogP contribution is -2.02. The van der Waals surface area contributed by atoms with Crippen molar-refractivity contribution in [2.24, 2.45) is 0 Å². The summed E-state index contributed by atoms with van der Waals surface area (Å²) in [5.41, 5.74) is 0.543. The van der Waals surface area contributed by atoms with E-state index in [2.05, 4.69) is 10.1 Å². The molecule has 0 bridgehead atoms.